The van der Waals surface area contributed by atoms with Crippen molar-refractivity contribution in [2.75, 3.05) is 19.6 Å². The van der Waals surface area contributed by atoms with Crippen LogP contribution in [0, 0.1) is 17.7 Å². The fourth-order valence-electron chi connectivity index (χ4n) is 2.87. The lowest BCUT2D eigenvalue weighted by atomic mass is 9.86. The second-order valence-corrected chi connectivity index (χ2v) is 6.51. The van der Waals surface area contributed by atoms with Crippen LogP contribution >= 0.6 is 15.9 Å². The van der Waals surface area contributed by atoms with Crippen LogP contribution in [0.2, 0.25) is 0 Å². The lowest BCUT2D eigenvalue weighted by Crippen LogP contribution is -2.43. The van der Waals surface area contributed by atoms with E-state index < -0.39 is 0 Å². The maximum Gasteiger partial charge on any atom is 0.128 e. The molecular weight excluding hydrogens is 307 g/mol. The molecule has 1 saturated heterocycles. The minimum absolute atomic E-state index is 0.0963. The number of halogens is 2. The molecule has 0 aromatic heterocycles. The maximum absolute atomic E-state index is 14.0. The molecule has 4 heteroatoms. The van der Waals surface area contributed by atoms with Crippen molar-refractivity contribution in [3.8, 4) is 0 Å². The topological polar surface area (TPSA) is 29.3 Å². The molecule has 1 aliphatic heterocycles. The van der Waals surface area contributed by atoms with Crippen molar-refractivity contribution >= 4 is 15.9 Å². The third kappa shape index (κ3) is 3.36. The van der Waals surface area contributed by atoms with Crippen LogP contribution in [-0.4, -0.2) is 24.5 Å². The first-order valence-electron chi connectivity index (χ1n) is 6.92. The molecule has 106 valence electrons. The molecule has 1 aromatic rings. The number of nitrogens with zero attached hydrogens (tertiary/aromatic N) is 1. The highest BCUT2D eigenvalue weighted by Gasteiger charge is 2.29. The van der Waals surface area contributed by atoms with Crippen molar-refractivity contribution in [3.05, 3.63) is 34.1 Å². The van der Waals surface area contributed by atoms with Crippen molar-refractivity contribution in [2.24, 2.45) is 17.6 Å². The molecule has 19 heavy (non-hydrogen) atoms. The number of hydrogen-bond donors (Lipinski definition) is 1. The molecule has 3 atom stereocenters. The van der Waals surface area contributed by atoms with E-state index in [0.717, 1.165) is 29.5 Å². The molecule has 1 heterocycles. The Kier molecular flexibility index (Phi) is 4.98. The molecule has 2 N–H and O–H groups in total. The average molecular weight is 329 g/mol. The zero-order chi connectivity index (χ0) is 14.0. The van der Waals surface area contributed by atoms with E-state index in [1.165, 1.54) is 6.07 Å². The van der Waals surface area contributed by atoms with Crippen LogP contribution in [0.1, 0.15) is 31.9 Å². The summed E-state index contributed by atoms with van der Waals surface area (Å²) in [5.41, 5.74) is 6.60. The number of benzene rings is 1. The van der Waals surface area contributed by atoms with Crippen LogP contribution in [0.3, 0.4) is 0 Å². The maximum atomic E-state index is 14.0. The van der Waals surface area contributed by atoms with Gasteiger partial charge in [0.1, 0.15) is 5.82 Å². The van der Waals surface area contributed by atoms with Gasteiger partial charge < -0.3 is 5.73 Å². The van der Waals surface area contributed by atoms with Gasteiger partial charge in [-0.25, -0.2) is 4.39 Å². The largest absolute Gasteiger partial charge is 0.330 e. The van der Waals surface area contributed by atoms with Crippen LogP contribution in [-0.2, 0) is 0 Å². The minimum atomic E-state index is -0.126. The second kappa shape index (κ2) is 6.33. The van der Waals surface area contributed by atoms with Gasteiger partial charge in [0.05, 0.1) is 0 Å². The highest BCUT2D eigenvalue weighted by Crippen LogP contribution is 2.31. The van der Waals surface area contributed by atoms with Crippen LogP contribution < -0.4 is 5.73 Å². The van der Waals surface area contributed by atoms with Gasteiger partial charge in [0.2, 0.25) is 0 Å². The van der Waals surface area contributed by atoms with Crippen LogP contribution in [0.4, 0.5) is 4.39 Å². The SMILES string of the molecule is CC1CCN(C(C)c2cc(Br)ccc2F)CC1CN. The van der Waals surface area contributed by atoms with E-state index in [-0.39, 0.29) is 11.9 Å². The van der Waals surface area contributed by atoms with Gasteiger partial charge in [0.25, 0.3) is 0 Å². The quantitative estimate of drug-likeness (QED) is 0.919. The molecular formula is C15H22BrFN2. The Balaban J connectivity index is 2.15. The lowest BCUT2D eigenvalue weighted by Gasteiger charge is -2.40. The first kappa shape index (κ1) is 14.9. The highest BCUT2D eigenvalue weighted by molar-refractivity contribution is 9.10. The Morgan fingerprint density at radius 2 is 2.26 bits per heavy atom. The first-order chi connectivity index (χ1) is 9.02. The molecule has 1 aliphatic rings. The molecule has 0 radical (unpaired) electrons. The summed E-state index contributed by atoms with van der Waals surface area (Å²) >= 11 is 3.42. The molecule has 0 bridgehead atoms. The third-order valence-electron chi connectivity index (χ3n) is 4.40. The van der Waals surface area contributed by atoms with E-state index in [9.17, 15) is 4.39 Å². The van der Waals surface area contributed by atoms with Crippen LogP contribution in [0.5, 0.6) is 0 Å². The number of nitrogens with two attached hydrogens (primary N) is 1. The molecule has 3 unspecified atom stereocenters. The summed E-state index contributed by atoms with van der Waals surface area (Å²) in [7, 11) is 0. The Hall–Kier alpha value is -0.450. The Labute approximate surface area is 123 Å². The fourth-order valence-corrected chi connectivity index (χ4v) is 3.25. The third-order valence-corrected chi connectivity index (χ3v) is 4.90. The van der Waals surface area contributed by atoms with Crippen molar-refractivity contribution in [1.82, 2.24) is 4.90 Å². The van der Waals surface area contributed by atoms with E-state index in [4.69, 9.17) is 5.73 Å². The Morgan fingerprint density at radius 3 is 2.95 bits per heavy atom. The van der Waals surface area contributed by atoms with E-state index >= 15 is 0 Å². The van der Waals surface area contributed by atoms with Gasteiger partial charge >= 0.3 is 0 Å². The summed E-state index contributed by atoms with van der Waals surface area (Å²) in [6, 6.07) is 5.25. The first-order valence-corrected chi connectivity index (χ1v) is 7.71. The summed E-state index contributed by atoms with van der Waals surface area (Å²) in [6.45, 7) is 7.04. The zero-order valence-electron chi connectivity index (χ0n) is 11.6. The summed E-state index contributed by atoms with van der Waals surface area (Å²) in [5, 5.41) is 0. The molecule has 0 aliphatic carbocycles. The summed E-state index contributed by atoms with van der Waals surface area (Å²) < 4.78 is 14.9. The van der Waals surface area contributed by atoms with Crippen molar-refractivity contribution in [1.29, 1.82) is 0 Å². The minimum Gasteiger partial charge on any atom is -0.330 e. The summed E-state index contributed by atoms with van der Waals surface area (Å²) in [6.07, 6.45) is 1.14. The van der Waals surface area contributed by atoms with Crippen molar-refractivity contribution < 1.29 is 4.39 Å². The van der Waals surface area contributed by atoms with Gasteiger partial charge in [-0.2, -0.15) is 0 Å². The van der Waals surface area contributed by atoms with Crippen molar-refractivity contribution in [2.45, 2.75) is 26.3 Å². The van der Waals surface area contributed by atoms with E-state index in [0.29, 0.717) is 18.4 Å². The monoisotopic (exact) mass is 328 g/mol. The van der Waals surface area contributed by atoms with Gasteiger partial charge in [-0.3, -0.25) is 4.90 Å². The van der Waals surface area contributed by atoms with Crippen molar-refractivity contribution in [3.63, 3.8) is 0 Å². The van der Waals surface area contributed by atoms with Gasteiger partial charge in [-0.15, -0.1) is 0 Å². The average Bonchev–Trinajstić information content (AvgIpc) is 2.41. The van der Waals surface area contributed by atoms with Crippen LogP contribution in [0.15, 0.2) is 22.7 Å². The molecule has 0 spiro atoms. The van der Waals surface area contributed by atoms with Gasteiger partial charge in [0, 0.05) is 22.6 Å². The molecule has 2 nitrogen and oxygen atoms in total. The normalized spacial score (nSPS) is 26.4. The van der Waals surface area contributed by atoms with Gasteiger partial charge in [-0.05, 0) is 56.5 Å². The molecule has 0 amide bonds. The molecule has 0 saturated carbocycles. The smallest absolute Gasteiger partial charge is 0.128 e. The standard InChI is InChI=1S/C15H22BrFN2/c1-10-5-6-19(9-12(10)8-18)11(2)14-7-13(16)3-4-15(14)17/h3-4,7,10-12H,5-6,8-9,18H2,1-2H3. The molecule has 1 aromatic carbocycles. The van der Waals surface area contributed by atoms with E-state index in [2.05, 4.69) is 34.7 Å². The Morgan fingerprint density at radius 1 is 1.53 bits per heavy atom. The molecule has 1 fully saturated rings. The zero-order valence-corrected chi connectivity index (χ0v) is 13.2. The van der Waals surface area contributed by atoms with Gasteiger partial charge in [-0.1, -0.05) is 22.9 Å². The van der Waals surface area contributed by atoms with Crippen LogP contribution in [0.25, 0.3) is 0 Å². The summed E-state index contributed by atoms with van der Waals surface area (Å²) in [5.74, 6) is 1.06. The lowest BCUT2D eigenvalue weighted by molar-refractivity contribution is 0.0963. The molecule has 2 rings (SSSR count). The number of piperidine rings is 1. The number of hydrogen-bond acceptors (Lipinski definition) is 2. The van der Waals surface area contributed by atoms with E-state index in [1.807, 2.05) is 6.07 Å². The predicted molar refractivity (Wildman–Crippen MR) is 80.4 cm³/mol. The van der Waals surface area contributed by atoms with E-state index in [1.54, 1.807) is 6.07 Å². The second-order valence-electron chi connectivity index (χ2n) is 5.60. The van der Waals surface area contributed by atoms with Gasteiger partial charge in [0.15, 0.2) is 0 Å². The predicted octanol–water partition coefficient (Wildman–Crippen LogP) is 3.57. The number of likely N-dealkylation sites (tertiary alicyclic amines) is 1. The summed E-state index contributed by atoms with van der Waals surface area (Å²) in [4.78, 5) is 2.35. The number of rotatable bonds is 3. The highest BCUT2D eigenvalue weighted by atomic mass is 79.9. The fraction of sp³-hybridized carbons (Fsp3) is 0.600. The Bertz CT molecular complexity index is 438.